The average Bonchev–Trinajstić information content (AvgIpc) is 2.53. The van der Waals surface area contributed by atoms with Crippen molar-refractivity contribution in [3.05, 3.63) is 42.2 Å². The van der Waals surface area contributed by atoms with Crippen molar-refractivity contribution in [2.24, 2.45) is 5.84 Å². The number of para-hydroxylation sites is 1. The molecule has 3 nitrogen and oxygen atoms in total. The minimum Gasteiger partial charge on any atom is -0.327 e. The summed E-state index contributed by atoms with van der Waals surface area (Å²) in [6.45, 7) is 2.83. The Hall–Kier alpha value is -1.48. The van der Waals surface area contributed by atoms with Gasteiger partial charge in [0.1, 0.15) is 6.67 Å². The van der Waals surface area contributed by atoms with Crippen LogP contribution in [0.4, 0.5) is 5.69 Å². The molecule has 0 bridgehead atoms. The maximum absolute atomic E-state index is 5.62. The molecule has 13 heavy (non-hydrogen) atoms. The Balaban J connectivity index is 2.27. The summed E-state index contributed by atoms with van der Waals surface area (Å²) in [6.07, 6.45) is 3.86. The minimum atomic E-state index is 0.727. The summed E-state index contributed by atoms with van der Waals surface area (Å²) in [4.78, 5) is 2.12. The molecule has 2 N–H and O–H groups in total. The van der Waals surface area contributed by atoms with E-state index >= 15 is 0 Å². The topological polar surface area (TPSA) is 32.5 Å². The van der Waals surface area contributed by atoms with Gasteiger partial charge in [-0.1, -0.05) is 18.2 Å². The Bertz CT molecular complexity index is 333. The molecule has 0 saturated heterocycles. The zero-order valence-corrected chi connectivity index (χ0v) is 7.64. The first-order valence-corrected chi connectivity index (χ1v) is 4.29. The van der Waals surface area contributed by atoms with Crippen LogP contribution < -0.4 is 10.7 Å². The van der Waals surface area contributed by atoms with E-state index in [4.69, 9.17) is 5.84 Å². The molecular formula is C10H13N3. The Morgan fingerprint density at radius 1 is 1.23 bits per heavy atom. The molecule has 1 aliphatic rings. The van der Waals surface area contributed by atoms with Gasteiger partial charge in [0.15, 0.2) is 0 Å². The summed E-state index contributed by atoms with van der Waals surface area (Å²) in [5, 5.41) is 1.66. The number of hydrogen-bond donors (Lipinski definition) is 1. The number of anilines is 1. The lowest BCUT2D eigenvalue weighted by Gasteiger charge is -2.19. The standard InChI is InChI=1S/C10H13N3/c1-9-4-2-3-5-10(9)12-6-7-13(11)8-12/h2-7H,8,11H2,1H3. The van der Waals surface area contributed by atoms with Crippen LogP contribution >= 0.6 is 0 Å². The highest BCUT2D eigenvalue weighted by Crippen LogP contribution is 2.21. The fraction of sp³-hybridized carbons (Fsp3) is 0.200. The normalized spacial score (nSPS) is 15.5. The molecule has 2 rings (SSSR count). The third-order valence-corrected chi connectivity index (χ3v) is 2.18. The van der Waals surface area contributed by atoms with Crippen LogP contribution in [0.15, 0.2) is 36.7 Å². The van der Waals surface area contributed by atoms with E-state index in [0.29, 0.717) is 0 Å². The summed E-state index contributed by atoms with van der Waals surface area (Å²) in [7, 11) is 0. The predicted molar refractivity (Wildman–Crippen MR) is 53.7 cm³/mol. The largest absolute Gasteiger partial charge is 0.327 e. The zero-order valence-electron chi connectivity index (χ0n) is 7.64. The SMILES string of the molecule is Cc1ccccc1N1C=CN(N)C1. The van der Waals surface area contributed by atoms with Gasteiger partial charge in [-0.3, -0.25) is 5.01 Å². The third-order valence-electron chi connectivity index (χ3n) is 2.18. The third kappa shape index (κ3) is 1.51. The summed E-state index contributed by atoms with van der Waals surface area (Å²) in [5.74, 6) is 5.62. The monoisotopic (exact) mass is 175 g/mol. The molecule has 0 aliphatic carbocycles. The first kappa shape index (κ1) is 8.13. The first-order valence-electron chi connectivity index (χ1n) is 4.29. The highest BCUT2D eigenvalue weighted by Gasteiger charge is 2.11. The van der Waals surface area contributed by atoms with Crippen LogP contribution in [-0.4, -0.2) is 11.7 Å². The maximum Gasteiger partial charge on any atom is 0.109 e. The second-order valence-corrected chi connectivity index (χ2v) is 3.21. The Morgan fingerprint density at radius 3 is 2.62 bits per heavy atom. The Labute approximate surface area is 78.0 Å². The van der Waals surface area contributed by atoms with Gasteiger partial charge < -0.3 is 4.90 Å². The highest BCUT2D eigenvalue weighted by molar-refractivity contribution is 5.55. The van der Waals surface area contributed by atoms with E-state index in [1.165, 1.54) is 11.3 Å². The average molecular weight is 175 g/mol. The number of hydrogen-bond acceptors (Lipinski definition) is 3. The van der Waals surface area contributed by atoms with Gasteiger partial charge in [-0.25, -0.2) is 5.84 Å². The number of nitrogens with two attached hydrogens (primary N) is 1. The molecule has 0 radical (unpaired) electrons. The number of benzene rings is 1. The van der Waals surface area contributed by atoms with Crippen molar-refractivity contribution in [1.29, 1.82) is 0 Å². The van der Waals surface area contributed by atoms with E-state index in [1.807, 2.05) is 24.5 Å². The lowest BCUT2D eigenvalue weighted by Crippen LogP contribution is -2.30. The molecule has 0 spiro atoms. The number of rotatable bonds is 1. The van der Waals surface area contributed by atoms with Gasteiger partial charge in [0, 0.05) is 18.1 Å². The minimum absolute atomic E-state index is 0.727. The van der Waals surface area contributed by atoms with Crippen molar-refractivity contribution >= 4 is 5.69 Å². The summed E-state index contributed by atoms with van der Waals surface area (Å²) >= 11 is 0. The predicted octanol–water partition coefficient (Wildman–Crippen LogP) is 1.42. The molecule has 1 aliphatic heterocycles. The quantitative estimate of drug-likeness (QED) is 0.655. The zero-order chi connectivity index (χ0) is 9.26. The fourth-order valence-electron chi connectivity index (χ4n) is 1.48. The van der Waals surface area contributed by atoms with Crippen LogP contribution in [-0.2, 0) is 0 Å². The Morgan fingerprint density at radius 2 is 2.00 bits per heavy atom. The molecular weight excluding hydrogens is 162 g/mol. The van der Waals surface area contributed by atoms with Gasteiger partial charge in [0.25, 0.3) is 0 Å². The van der Waals surface area contributed by atoms with Crippen molar-refractivity contribution in [3.63, 3.8) is 0 Å². The Kier molecular flexibility index (Phi) is 1.94. The summed E-state index contributed by atoms with van der Waals surface area (Å²) < 4.78 is 0. The van der Waals surface area contributed by atoms with Crippen LogP contribution in [0.1, 0.15) is 5.56 Å². The van der Waals surface area contributed by atoms with Crippen LogP contribution in [0.5, 0.6) is 0 Å². The second-order valence-electron chi connectivity index (χ2n) is 3.21. The van der Waals surface area contributed by atoms with Gasteiger partial charge in [-0.15, -0.1) is 0 Å². The van der Waals surface area contributed by atoms with Crippen LogP contribution in [0, 0.1) is 6.92 Å². The molecule has 1 aromatic carbocycles. The van der Waals surface area contributed by atoms with Crippen LogP contribution in [0.2, 0.25) is 0 Å². The van der Waals surface area contributed by atoms with Gasteiger partial charge in [0.2, 0.25) is 0 Å². The van der Waals surface area contributed by atoms with E-state index in [-0.39, 0.29) is 0 Å². The van der Waals surface area contributed by atoms with E-state index in [2.05, 4.69) is 24.0 Å². The van der Waals surface area contributed by atoms with Crippen molar-refractivity contribution < 1.29 is 0 Å². The molecule has 68 valence electrons. The van der Waals surface area contributed by atoms with Crippen molar-refractivity contribution in [1.82, 2.24) is 5.01 Å². The van der Waals surface area contributed by atoms with Gasteiger partial charge >= 0.3 is 0 Å². The van der Waals surface area contributed by atoms with Crippen molar-refractivity contribution in [2.75, 3.05) is 11.6 Å². The molecule has 1 heterocycles. The van der Waals surface area contributed by atoms with Crippen molar-refractivity contribution in [2.45, 2.75) is 6.92 Å². The second kappa shape index (κ2) is 3.11. The van der Waals surface area contributed by atoms with E-state index in [1.54, 1.807) is 5.01 Å². The molecule has 1 aromatic rings. The molecule has 0 amide bonds. The number of aryl methyl sites for hydroxylation is 1. The van der Waals surface area contributed by atoms with E-state index in [0.717, 1.165) is 6.67 Å². The fourth-order valence-corrected chi connectivity index (χ4v) is 1.48. The summed E-state index contributed by atoms with van der Waals surface area (Å²) in [6, 6.07) is 8.27. The van der Waals surface area contributed by atoms with Gasteiger partial charge in [-0.05, 0) is 18.6 Å². The first-order chi connectivity index (χ1) is 6.27. The van der Waals surface area contributed by atoms with Gasteiger partial charge in [0.05, 0.1) is 0 Å². The molecule has 0 saturated carbocycles. The van der Waals surface area contributed by atoms with E-state index in [9.17, 15) is 0 Å². The van der Waals surface area contributed by atoms with Crippen LogP contribution in [0.3, 0.4) is 0 Å². The van der Waals surface area contributed by atoms with Crippen LogP contribution in [0.25, 0.3) is 0 Å². The maximum atomic E-state index is 5.62. The molecule has 0 fully saturated rings. The molecule has 0 unspecified atom stereocenters. The van der Waals surface area contributed by atoms with Gasteiger partial charge in [-0.2, -0.15) is 0 Å². The number of nitrogens with zero attached hydrogens (tertiary/aromatic N) is 2. The summed E-state index contributed by atoms with van der Waals surface area (Å²) in [5.41, 5.74) is 2.48. The smallest absolute Gasteiger partial charge is 0.109 e. The molecule has 0 aromatic heterocycles. The molecule has 3 heteroatoms. The number of hydrazine groups is 1. The van der Waals surface area contributed by atoms with Crippen molar-refractivity contribution in [3.8, 4) is 0 Å². The lowest BCUT2D eigenvalue weighted by molar-refractivity contribution is 0.428. The lowest BCUT2D eigenvalue weighted by atomic mass is 10.2. The van der Waals surface area contributed by atoms with E-state index < -0.39 is 0 Å². The highest BCUT2D eigenvalue weighted by atomic mass is 15.5. The molecule has 0 atom stereocenters.